The molecule has 0 bridgehead atoms. The van der Waals surface area contributed by atoms with Crippen LogP contribution in [0.2, 0.25) is 0 Å². The fraction of sp³-hybridized carbons (Fsp3) is 0.348. The monoisotopic (exact) mass is 421 g/mol. The predicted octanol–water partition coefficient (Wildman–Crippen LogP) is 1.85. The van der Waals surface area contributed by atoms with Gasteiger partial charge in [-0.1, -0.05) is 6.92 Å². The zero-order chi connectivity index (χ0) is 22.1. The van der Waals surface area contributed by atoms with E-state index in [1.165, 1.54) is 0 Å². The van der Waals surface area contributed by atoms with Gasteiger partial charge in [-0.05, 0) is 44.8 Å². The fourth-order valence-electron chi connectivity index (χ4n) is 4.53. The first kappa shape index (κ1) is 19.7. The van der Waals surface area contributed by atoms with E-state index in [0.29, 0.717) is 41.1 Å². The largest absolute Gasteiger partial charge is 0.508 e. The van der Waals surface area contributed by atoms with Crippen LogP contribution in [-0.2, 0) is 34.8 Å². The van der Waals surface area contributed by atoms with E-state index in [9.17, 15) is 19.8 Å². The topological polar surface area (TPSA) is 105 Å². The summed E-state index contributed by atoms with van der Waals surface area (Å²) in [6.45, 7) is 2.43. The highest BCUT2D eigenvalue weighted by atomic mass is 16.6. The molecule has 1 atom stereocenters. The van der Waals surface area contributed by atoms with E-state index >= 15 is 0 Å². The smallest absolute Gasteiger partial charge is 0.343 e. The Hall–Kier alpha value is -3.23. The van der Waals surface area contributed by atoms with Crippen LogP contribution in [0.25, 0.3) is 22.3 Å². The van der Waals surface area contributed by atoms with Crippen LogP contribution in [0, 0.1) is 0 Å². The molecule has 0 saturated heterocycles. The molecule has 160 valence electrons. The summed E-state index contributed by atoms with van der Waals surface area (Å²) in [4.78, 5) is 32.2. The molecule has 31 heavy (non-hydrogen) atoms. The van der Waals surface area contributed by atoms with Crippen molar-refractivity contribution in [3.63, 3.8) is 0 Å². The van der Waals surface area contributed by atoms with Crippen LogP contribution >= 0.6 is 0 Å². The minimum Gasteiger partial charge on any atom is -0.508 e. The second kappa shape index (κ2) is 6.63. The molecular weight excluding hydrogens is 398 g/mol. The van der Waals surface area contributed by atoms with E-state index in [0.717, 1.165) is 16.5 Å². The van der Waals surface area contributed by atoms with Crippen molar-refractivity contribution in [3.8, 4) is 17.1 Å². The summed E-state index contributed by atoms with van der Waals surface area (Å²) in [5.74, 6) is -0.532. The predicted molar refractivity (Wildman–Crippen MR) is 114 cm³/mol. The van der Waals surface area contributed by atoms with E-state index in [4.69, 9.17) is 9.72 Å². The average molecular weight is 421 g/mol. The van der Waals surface area contributed by atoms with Crippen LogP contribution in [0.4, 0.5) is 0 Å². The van der Waals surface area contributed by atoms with Crippen molar-refractivity contribution in [2.24, 2.45) is 0 Å². The molecule has 2 N–H and O–H groups in total. The number of carbonyl (C=O) groups excluding carboxylic acids is 1. The van der Waals surface area contributed by atoms with E-state index < -0.39 is 11.6 Å². The number of hydrogen-bond donors (Lipinski definition) is 2. The van der Waals surface area contributed by atoms with Crippen molar-refractivity contribution in [2.45, 2.75) is 38.6 Å². The maximum absolute atomic E-state index is 13.2. The van der Waals surface area contributed by atoms with Gasteiger partial charge >= 0.3 is 5.97 Å². The minimum atomic E-state index is -1.84. The van der Waals surface area contributed by atoms with Crippen LogP contribution in [-0.4, -0.2) is 44.7 Å². The van der Waals surface area contributed by atoms with E-state index in [1.807, 2.05) is 31.1 Å². The Morgan fingerprint density at radius 1 is 1.23 bits per heavy atom. The molecule has 0 radical (unpaired) electrons. The molecule has 8 heteroatoms. The zero-order valence-electron chi connectivity index (χ0n) is 17.6. The van der Waals surface area contributed by atoms with Gasteiger partial charge in [-0.3, -0.25) is 4.79 Å². The number of cyclic esters (lactones) is 1. The van der Waals surface area contributed by atoms with Gasteiger partial charge in [0.2, 0.25) is 0 Å². The lowest BCUT2D eigenvalue weighted by molar-refractivity contribution is -0.172. The van der Waals surface area contributed by atoms with Gasteiger partial charge in [-0.15, -0.1) is 0 Å². The number of esters is 1. The summed E-state index contributed by atoms with van der Waals surface area (Å²) in [7, 11) is 3.84. The van der Waals surface area contributed by atoms with Crippen LogP contribution in [0.3, 0.4) is 0 Å². The lowest BCUT2D eigenvalue weighted by Crippen LogP contribution is -2.44. The molecule has 4 heterocycles. The number of benzene rings is 1. The normalized spacial score (nSPS) is 19.3. The molecule has 8 nitrogen and oxygen atoms in total. The van der Waals surface area contributed by atoms with E-state index in [-0.39, 0.29) is 24.3 Å². The molecule has 0 aliphatic carbocycles. The first-order valence-electron chi connectivity index (χ1n) is 10.2. The number of aromatic nitrogens is 2. The number of aromatic hydroxyl groups is 1. The molecule has 0 saturated carbocycles. The number of phenols is 1. The Labute approximate surface area is 178 Å². The standard InChI is InChI=1S/C23H23N3O5/c1-4-23(30)16-8-18-20-14(10-26(18)21(28)15(16)11-31-22(23)29)5-12-7-19(27)13(9-25(2)3)6-17(12)24-20/h5-8,27,30H,4,9-11H2,1-3H3/t23-/m0/s1. The van der Waals surface area contributed by atoms with Crippen molar-refractivity contribution in [3.05, 3.63) is 56.9 Å². The first-order valence-corrected chi connectivity index (χ1v) is 10.2. The van der Waals surface area contributed by atoms with Gasteiger partial charge in [0, 0.05) is 28.6 Å². The number of nitrogens with zero attached hydrogens (tertiary/aromatic N) is 3. The summed E-state index contributed by atoms with van der Waals surface area (Å²) >= 11 is 0. The maximum atomic E-state index is 13.2. The third-order valence-electron chi connectivity index (χ3n) is 6.19. The third-order valence-corrected chi connectivity index (χ3v) is 6.19. The molecule has 2 aromatic heterocycles. The number of phenolic OH excluding ortho intramolecular Hbond substituents is 1. The highest BCUT2D eigenvalue weighted by molar-refractivity contribution is 5.87. The van der Waals surface area contributed by atoms with Crippen LogP contribution in [0.15, 0.2) is 29.1 Å². The van der Waals surface area contributed by atoms with E-state index in [1.54, 1.807) is 23.6 Å². The summed E-state index contributed by atoms with van der Waals surface area (Å²) in [6.07, 6.45) is 0.104. The Balaban J connectivity index is 1.73. The molecule has 5 rings (SSSR count). The van der Waals surface area contributed by atoms with Gasteiger partial charge in [0.15, 0.2) is 5.60 Å². The van der Waals surface area contributed by atoms with Crippen molar-refractivity contribution in [1.29, 1.82) is 0 Å². The molecule has 0 amide bonds. The SMILES string of the molecule is CC[C@@]1(O)C(=O)OCc2c1cc1n(c2=O)Cc2cc3cc(O)c(CN(C)C)cc3nc2-1. The highest BCUT2D eigenvalue weighted by Crippen LogP contribution is 2.39. The van der Waals surface area contributed by atoms with Gasteiger partial charge in [-0.2, -0.15) is 0 Å². The van der Waals surface area contributed by atoms with Crippen molar-refractivity contribution in [1.82, 2.24) is 14.5 Å². The molecule has 3 aromatic rings. The van der Waals surface area contributed by atoms with E-state index in [2.05, 4.69) is 0 Å². The minimum absolute atomic E-state index is 0.104. The lowest BCUT2D eigenvalue weighted by atomic mass is 9.86. The number of pyridine rings is 2. The summed E-state index contributed by atoms with van der Waals surface area (Å²) in [5.41, 5.74) is 2.00. The molecule has 0 unspecified atom stereocenters. The number of ether oxygens (including phenoxy) is 1. The molecule has 2 aliphatic heterocycles. The Kier molecular flexibility index (Phi) is 4.22. The summed E-state index contributed by atoms with van der Waals surface area (Å²) in [5, 5.41) is 22.1. The fourth-order valence-corrected chi connectivity index (χ4v) is 4.53. The van der Waals surface area contributed by atoms with Crippen LogP contribution < -0.4 is 5.56 Å². The Bertz CT molecular complexity index is 1330. The Morgan fingerprint density at radius 2 is 2.00 bits per heavy atom. The number of aliphatic hydroxyl groups is 1. The molecule has 2 aliphatic rings. The van der Waals surface area contributed by atoms with Gasteiger partial charge in [0.25, 0.3) is 5.56 Å². The van der Waals surface area contributed by atoms with Gasteiger partial charge in [0.1, 0.15) is 12.4 Å². The Morgan fingerprint density at radius 3 is 2.71 bits per heavy atom. The van der Waals surface area contributed by atoms with Crippen LogP contribution in [0.1, 0.15) is 35.6 Å². The number of rotatable bonds is 3. The second-order valence-electron chi connectivity index (χ2n) is 8.51. The second-order valence-corrected chi connectivity index (χ2v) is 8.51. The highest BCUT2D eigenvalue weighted by Gasteiger charge is 2.45. The van der Waals surface area contributed by atoms with Gasteiger partial charge in [-0.25, -0.2) is 9.78 Å². The third kappa shape index (κ3) is 2.79. The molecule has 0 spiro atoms. The number of hydrogen-bond acceptors (Lipinski definition) is 7. The van der Waals surface area contributed by atoms with Crippen molar-refractivity contribution < 1.29 is 19.7 Å². The average Bonchev–Trinajstić information content (AvgIpc) is 3.08. The quantitative estimate of drug-likeness (QED) is 0.487. The van der Waals surface area contributed by atoms with Crippen molar-refractivity contribution >= 4 is 16.9 Å². The zero-order valence-corrected chi connectivity index (χ0v) is 17.6. The van der Waals surface area contributed by atoms with Crippen LogP contribution in [0.5, 0.6) is 5.75 Å². The summed E-state index contributed by atoms with van der Waals surface area (Å²) < 4.78 is 6.70. The number of carbonyl (C=O) groups is 1. The first-order chi connectivity index (χ1) is 14.7. The van der Waals surface area contributed by atoms with Crippen molar-refractivity contribution in [2.75, 3.05) is 14.1 Å². The number of fused-ring (bicyclic) bond motifs is 5. The summed E-state index contributed by atoms with van der Waals surface area (Å²) in [6, 6.07) is 7.17. The molecular formula is C23H23N3O5. The molecule has 1 aromatic carbocycles. The lowest BCUT2D eigenvalue weighted by Gasteiger charge is -2.31. The van der Waals surface area contributed by atoms with Gasteiger partial charge < -0.3 is 24.4 Å². The maximum Gasteiger partial charge on any atom is 0.343 e. The molecule has 0 fully saturated rings. The van der Waals surface area contributed by atoms with Gasteiger partial charge in [0.05, 0.1) is 29.0 Å².